The average Bonchev–Trinajstić information content (AvgIpc) is 3.13. The van der Waals surface area contributed by atoms with Crippen molar-refractivity contribution in [2.75, 3.05) is 11.6 Å². The van der Waals surface area contributed by atoms with Gasteiger partial charge in [0.05, 0.1) is 28.5 Å². The molecule has 4 rings (SSSR count). The number of hydrazone groups is 1. The van der Waals surface area contributed by atoms with Crippen LogP contribution in [0.3, 0.4) is 0 Å². The number of ether oxygens (including phenoxy) is 2. The smallest absolute Gasteiger partial charge is 0.280 e. The Hall–Kier alpha value is -4.17. The SMILES string of the molecule is CCOc1cc(C=C2C(=O)N(c3ccc([N+](=O)[O-])cc3)N=C2C)ccc1OCc1ccccc1Cl. The molecule has 1 heterocycles. The first-order valence-corrected chi connectivity index (χ1v) is 11.2. The van der Waals surface area contributed by atoms with Crippen LogP contribution in [0.4, 0.5) is 11.4 Å². The van der Waals surface area contributed by atoms with Crippen LogP contribution in [0.15, 0.2) is 77.4 Å². The maximum atomic E-state index is 13.0. The topological polar surface area (TPSA) is 94.3 Å². The highest BCUT2D eigenvalue weighted by atomic mass is 35.5. The van der Waals surface area contributed by atoms with Gasteiger partial charge in [-0.1, -0.05) is 35.9 Å². The molecule has 1 amide bonds. The van der Waals surface area contributed by atoms with E-state index in [0.717, 1.165) is 11.1 Å². The molecule has 0 bridgehead atoms. The van der Waals surface area contributed by atoms with Gasteiger partial charge in [0.15, 0.2) is 11.5 Å². The number of nitro groups is 1. The second-order valence-corrected chi connectivity index (χ2v) is 8.06. The first-order valence-electron chi connectivity index (χ1n) is 10.9. The van der Waals surface area contributed by atoms with Gasteiger partial charge in [-0.3, -0.25) is 14.9 Å². The van der Waals surface area contributed by atoms with Gasteiger partial charge < -0.3 is 9.47 Å². The minimum absolute atomic E-state index is 0.0582. The zero-order valence-electron chi connectivity index (χ0n) is 19.1. The minimum atomic E-state index is -0.493. The molecule has 1 aliphatic heterocycles. The van der Waals surface area contributed by atoms with E-state index in [9.17, 15) is 14.9 Å². The number of non-ortho nitro benzene ring substituents is 1. The van der Waals surface area contributed by atoms with Gasteiger partial charge in [-0.25, -0.2) is 0 Å². The largest absolute Gasteiger partial charge is 0.490 e. The molecule has 35 heavy (non-hydrogen) atoms. The van der Waals surface area contributed by atoms with E-state index in [0.29, 0.717) is 40.1 Å². The Morgan fingerprint density at radius 1 is 1.06 bits per heavy atom. The van der Waals surface area contributed by atoms with E-state index in [4.69, 9.17) is 21.1 Å². The number of hydrogen-bond acceptors (Lipinski definition) is 6. The Kier molecular flexibility index (Phi) is 7.12. The van der Waals surface area contributed by atoms with Gasteiger partial charge in [0.1, 0.15) is 6.61 Å². The predicted octanol–water partition coefficient (Wildman–Crippen LogP) is 6.03. The molecule has 1 aliphatic rings. The number of anilines is 1. The Balaban J connectivity index is 1.56. The molecule has 0 spiro atoms. The van der Waals surface area contributed by atoms with Gasteiger partial charge in [-0.05, 0) is 55.8 Å². The maximum absolute atomic E-state index is 13.0. The lowest BCUT2D eigenvalue weighted by atomic mass is 10.1. The van der Waals surface area contributed by atoms with E-state index >= 15 is 0 Å². The van der Waals surface area contributed by atoms with E-state index in [1.54, 1.807) is 31.2 Å². The summed E-state index contributed by atoms with van der Waals surface area (Å²) in [6.07, 6.45) is 1.73. The predicted molar refractivity (Wildman–Crippen MR) is 135 cm³/mol. The normalized spacial score (nSPS) is 14.3. The summed E-state index contributed by atoms with van der Waals surface area (Å²) in [5.41, 5.74) is 2.93. The second-order valence-electron chi connectivity index (χ2n) is 7.65. The van der Waals surface area contributed by atoms with Gasteiger partial charge in [-0.15, -0.1) is 0 Å². The number of benzene rings is 3. The lowest BCUT2D eigenvalue weighted by Crippen LogP contribution is -2.21. The summed E-state index contributed by atoms with van der Waals surface area (Å²) in [4.78, 5) is 23.5. The summed E-state index contributed by atoms with van der Waals surface area (Å²) in [6, 6.07) is 18.5. The molecular formula is C26H22ClN3O5. The van der Waals surface area contributed by atoms with Crippen molar-refractivity contribution in [3.63, 3.8) is 0 Å². The Bertz CT molecular complexity index is 1340. The fraction of sp³-hybridized carbons (Fsp3) is 0.154. The van der Waals surface area contributed by atoms with Crippen LogP contribution < -0.4 is 14.5 Å². The number of carbonyl (C=O) groups excluding carboxylic acids is 1. The fourth-order valence-electron chi connectivity index (χ4n) is 3.51. The monoisotopic (exact) mass is 491 g/mol. The molecule has 0 N–H and O–H groups in total. The van der Waals surface area contributed by atoms with Crippen molar-refractivity contribution in [2.45, 2.75) is 20.5 Å². The number of halogens is 1. The molecular weight excluding hydrogens is 470 g/mol. The van der Waals surface area contributed by atoms with Crippen molar-refractivity contribution in [1.82, 2.24) is 0 Å². The van der Waals surface area contributed by atoms with Crippen LogP contribution >= 0.6 is 11.6 Å². The fourth-order valence-corrected chi connectivity index (χ4v) is 3.70. The second kappa shape index (κ2) is 10.4. The summed E-state index contributed by atoms with van der Waals surface area (Å²) < 4.78 is 11.7. The highest BCUT2D eigenvalue weighted by Crippen LogP contribution is 2.32. The molecule has 0 aromatic heterocycles. The van der Waals surface area contributed by atoms with Crippen molar-refractivity contribution in [3.8, 4) is 11.5 Å². The summed E-state index contributed by atoms with van der Waals surface area (Å²) in [5, 5.41) is 17.1. The number of nitrogens with zero attached hydrogens (tertiary/aromatic N) is 3. The van der Waals surface area contributed by atoms with E-state index in [2.05, 4.69) is 5.10 Å². The molecule has 0 saturated carbocycles. The number of amides is 1. The lowest BCUT2D eigenvalue weighted by Gasteiger charge is -2.14. The Labute approximate surface area is 207 Å². The van der Waals surface area contributed by atoms with Gasteiger partial charge in [0.25, 0.3) is 11.6 Å². The molecule has 0 radical (unpaired) electrons. The Morgan fingerprint density at radius 2 is 1.80 bits per heavy atom. The third-order valence-electron chi connectivity index (χ3n) is 5.29. The molecule has 0 atom stereocenters. The van der Waals surface area contributed by atoms with Gasteiger partial charge in [0, 0.05) is 22.7 Å². The van der Waals surface area contributed by atoms with Gasteiger partial charge in [0.2, 0.25) is 0 Å². The number of nitro benzene ring substituents is 1. The van der Waals surface area contributed by atoms with E-state index in [1.165, 1.54) is 29.3 Å². The van der Waals surface area contributed by atoms with E-state index in [1.807, 2.05) is 31.2 Å². The maximum Gasteiger partial charge on any atom is 0.280 e. The minimum Gasteiger partial charge on any atom is -0.490 e. The van der Waals surface area contributed by atoms with Crippen LogP contribution in [0, 0.1) is 10.1 Å². The number of rotatable bonds is 8. The first-order chi connectivity index (χ1) is 16.9. The van der Waals surface area contributed by atoms with E-state index in [-0.39, 0.29) is 18.2 Å². The van der Waals surface area contributed by atoms with Crippen molar-refractivity contribution >= 4 is 40.7 Å². The Morgan fingerprint density at radius 3 is 2.49 bits per heavy atom. The van der Waals surface area contributed by atoms with Crippen molar-refractivity contribution in [1.29, 1.82) is 0 Å². The third kappa shape index (κ3) is 5.33. The molecule has 178 valence electrons. The van der Waals surface area contributed by atoms with Crippen molar-refractivity contribution in [3.05, 3.63) is 98.6 Å². The lowest BCUT2D eigenvalue weighted by molar-refractivity contribution is -0.384. The highest BCUT2D eigenvalue weighted by Gasteiger charge is 2.29. The summed E-state index contributed by atoms with van der Waals surface area (Å²) >= 11 is 6.22. The van der Waals surface area contributed by atoms with E-state index < -0.39 is 4.92 Å². The molecule has 3 aromatic carbocycles. The average molecular weight is 492 g/mol. The van der Waals surface area contributed by atoms with Crippen LogP contribution in [0.5, 0.6) is 11.5 Å². The van der Waals surface area contributed by atoms with Crippen LogP contribution in [-0.2, 0) is 11.4 Å². The molecule has 8 nitrogen and oxygen atoms in total. The highest BCUT2D eigenvalue weighted by molar-refractivity contribution is 6.32. The molecule has 0 unspecified atom stereocenters. The van der Waals surface area contributed by atoms with Crippen molar-refractivity contribution in [2.24, 2.45) is 5.10 Å². The number of carbonyl (C=O) groups is 1. The quantitative estimate of drug-likeness (QED) is 0.218. The van der Waals surface area contributed by atoms with Gasteiger partial charge in [-0.2, -0.15) is 10.1 Å². The molecule has 0 aliphatic carbocycles. The van der Waals surface area contributed by atoms with Crippen LogP contribution in [0.25, 0.3) is 6.08 Å². The molecule has 0 fully saturated rings. The third-order valence-corrected chi connectivity index (χ3v) is 5.66. The summed E-state index contributed by atoms with van der Waals surface area (Å²) in [6.45, 7) is 4.34. The molecule has 9 heteroatoms. The standard InChI is InChI=1S/C26H22ClN3O5/c1-3-34-25-15-18(8-13-24(25)35-16-19-6-4-5-7-23(19)27)14-22-17(2)28-29(26(22)31)20-9-11-21(12-10-20)30(32)33/h4-15H,3,16H2,1-2H3. The first kappa shape index (κ1) is 24.0. The molecule has 3 aromatic rings. The van der Waals surface area contributed by atoms with Gasteiger partial charge >= 0.3 is 0 Å². The van der Waals surface area contributed by atoms with Crippen molar-refractivity contribution < 1.29 is 19.2 Å². The van der Waals surface area contributed by atoms with Crippen LogP contribution in [0.1, 0.15) is 25.0 Å². The number of hydrogen-bond donors (Lipinski definition) is 0. The molecule has 0 saturated heterocycles. The summed E-state index contributed by atoms with van der Waals surface area (Å²) in [7, 11) is 0. The van der Waals surface area contributed by atoms with Crippen LogP contribution in [-0.4, -0.2) is 23.1 Å². The zero-order valence-corrected chi connectivity index (χ0v) is 19.9. The van der Waals surface area contributed by atoms with Crippen LogP contribution in [0.2, 0.25) is 5.02 Å². The summed E-state index contributed by atoms with van der Waals surface area (Å²) in [5.74, 6) is 0.777. The zero-order chi connectivity index (χ0) is 24.9.